The number of nitriles is 1. The highest BCUT2D eigenvalue weighted by Crippen LogP contribution is 2.29. The maximum atomic E-state index is 12.1. The molecule has 0 saturated carbocycles. The number of hydrogen-bond acceptors (Lipinski definition) is 8. The predicted molar refractivity (Wildman–Crippen MR) is 86.6 cm³/mol. The molecule has 10 nitrogen and oxygen atoms in total. The van der Waals surface area contributed by atoms with Gasteiger partial charge >= 0.3 is 5.97 Å². The van der Waals surface area contributed by atoms with E-state index in [1.807, 2.05) is 0 Å². The molecule has 0 heterocycles. The summed E-state index contributed by atoms with van der Waals surface area (Å²) < 4.78 is 9.46. The fourth-order valence-corrected chi connectivity index (χ4v) is 1.69. The lowest BCUT2D eigenvalue weighted by Crippen LogP contribution is -2.19. The standard InChI is InChI=1S/C15H16N4O6/c1-24-13-7-11(19(22)23)3-4-12(13)18-15(21)10(8-16)9-17-6-5-14(20)25-2/h3-4,7,9,17H,5-6H2,1-2H3,(H,18,21)/b10-9-. The van der Waals surface area contributed by atoms with E-state index in [2.05, 4.69) is 15.4 Å². The van der Waals surface area contributed by atoms with Crippen molar-refractivity contribution in [2.24, 2.45) is 0 Å². The van der Waals surface area contributed by atoms with E-state index in [1.54, 1.807) is 6.07 Å². The summed E-state index contributed by atoms with van der Waals surface area (Å²) in [7, 11) is 2.55. The normalized spacial score (nSPS) is 10.4. The number of nitro groups is 1. The molecule has 0 aliphatic rings. The fourth-order valence-electron chi connectivity index (χ4n) is 1.69. The highest BCUT2D eigenvalue weighted by Gasteiger charge is 2.15. The van der Waals surface area contributed by atoms with Crippen LogP contribution >= 0.6 is 0 Å². The minimum atomic E-state index is -0.736. The molecule has 0 unspecified atom stereocenters. The summed E-state index contributed by atoms with van der Waals surface area (Å²) in [6.45, 7) is 0.186. The average Bonchev–Trinajstić information content (AvgIpc) is 2.61. The number of benzene rings is 1. The van der Waals surface area contributed by atoms with Gasteiger partial charge in [0, 0.05) is 18.8 Å². The maximum absolute atomic E-state index is 12.1. The molecule has 1 aromatic carbocycles. The van der Waals surface area contributed by atoms with Gasteiger partial charge in [-0.2, -0.15) is 5.26 Å². The van der Waals surface area contributed by atoms with Crippen molar-refractivity contribution >= 4 is 23.3 Å². The van der Waals surface area contributed by atoms with Gasteiger partial charge in [0.25, 0.3) is 11.6 Å². The third-order valence-corrected chi connectivity index (χ3v) is 2.96. The number of methoxy groups -OCH3 is 2. The molecule has 0 saturated heterocycles. The summed E-state index contributed by atoms with van der Waals surface area (Å²) in [5.74, 6) is -1.09. The molecule has 1 aromatic rings. The van der Waals surface area contributed by atoms with Crippen LogP contribution in [0.5, 0.6) is 5.75 Å². The molecule has 0 atom stereocenters. The Morgan fingerprint density at radius 3 is 2.68 bits per heavy atom. The molecule has 132 valence electrons. The number of non-ortho nitro benzene ring substituents is 1. The molecule has 2 N–H and O–H groups in total. The first-order valence-electron chi connectivity index (χ1n) is 6.97. The van der Waals surface area contributed by atoms with Crippen molar-refractivity contribution < 1.29 is 24.0 Å². The number of ether oxygens (including phenoxy) is 2. The number of nitro benzene ring substituents is 1. The third kappa shape index (κ3) is 5.83. The molecule has 1 rings (SSSR count). The summed E-state index contributed by atoms with van der Waals surface area (Å²) >= 11 is 0. The Bertz CT molecular complexity index is 738. The van der Waals surface area contributed by atoms with Crippen molar-refractivity contribution in [3.05, 3.63) is 40.1 Å². The van der Waals surface area contributed by atoms with Crippen LogP contribution in [0.2, 0.25) is 0 Å². The van der Waals surface area contributed by atoms with Crippen LogP contribution < -0.4 is 15.4 Å². The Labute approximate surface area is 143 Å². The number of anilines is 1. The Hall–Kier alpha value is -3.61. The van der Waals surface area contributed by atoms with E-state index in [9.17, 15) is 19.7 Å². The van der Waals surface area contributed by atoms with Crippen molar-refractivity contribution in [2.45, 2.75) is 6.42 Å². The van der Waals surface area contributed by atoms with Crippen LogP contribution in [0.3, 0.4) is 0 Å². The van der Waals surface area contributed by atoms with Gasteiger partial charge in [-0.15, -0.1) is 0 Å². The molecule has 0 aromatic heterocycles. The third-order valence-electron chi connectivity index (χ3n) is 2.96. The van der Waals surface area contributed by atoms with Gasteiger partial charge in [-0.25, -0.2) is 0 Å². The van der Waals surface area contributed by atoms with Crippen molar-refractivity contribution in [3.63, 3.8) is 0 Å². The number of carbonyl (C=O) groups is 2. The van der Waals surface area contributed by atoms with E-state index in [1.165, 1.54) is 26.4 Å². The molecule has 0 aliphatic heterocycles. The fraction of sp³-hybridized carbons (Fsp3) is 0.267. The lowest BCUT2D eigenvalue weighted by atomic mass is 10.2. The Kier molecular flexibility index (Phi) is 7.39. The van der Waals surface area contributed by atoms with Crippen LogP contribution in [0.1, 0.15) is 6.42 Å². The van der Waals surface area contributed by atoms with Crippen LogP contribution in [0.15, 0.2) is 30.0 Å². The zero-order valence-electron chi connectivity index (χ0n) is 13.6. The lowest BCUT2D eigenvalue weighted by molar-refractivity contribution is -0.384. The molecule has 10 heteroatoms. The zero-order valence-corrected chi connectivity index (χ0v) is 13.6. The van der Waals surface area contributed by atoms with Gasteiger partial charge in [0.1, 0.15) is 17.4 Å². The predicted octanol–water partition coefficient (Wildman–Crippen LogP) is 1.10. The van der Waals surface area contributed by atoms with E-state index in [0.717, 1.165) is 12.3 Å². The number of nitrogens with zero attached hydrogens (tertiary/aromatic N) is 2. The number of rotatable bonds is 8. The van der Waals surface area contributed by atoms with Crippen molar-refractivity contribution in [3.8, 4) is 11.8 Å². The SMILES string of the molecule is COC(=O)CCN/C=C(/C#N)C(=O)Nc1ccc([N+](=O)[O-])cc1OC. The van der Waals surface area contributed by atoms with Gasteiger partial charge in [-0.1, -0.05) is 0 Å². The van der Waals surface area contributed by atoms with E-state index in [0.29, 0.717) is 0 Å². The van der Waals surface area contributed by atoms with Gasteiger partial charge in [0.2, 0.25) is 0 Å². The first-order valence-corrected chi connectivity index (χ1v) is 6.97. The second-order valence-electron chi connectivity index (χ2n) is 4.55. The summed E-state index contributed by atoms with van der Waals surface area (Å²) in [5, 5.41) is 24.9. The quantitative estimate of drug-likeness (QED) is 0.177. The topological polar surface area (TPSA) is 144 Å². The second-order valence-corrected chi connectivity index (χ2v) is 4.55. The molecular formula is C15H16N4O6. The first-order chi connectivity index (χ1) is 11.9. The van der Waals surface area contributed by atoms with Gasteiger partial charge in [-0.3, -0.25) is 19.7 Å². The molecule has 0 aliphatic carbocycles. The molecule has 1 amide bonds. The van der Waals surface area contributed by atoms with Crippen LogP contribution in [0.25, 0.3) is 0 Å². The number of nitrogens with one attached hydrogen (secondary N) is 2. The van der Waals surface area contributed by atoms with Gasteiger partial charge in [0.05, 0.1) is 37.3 Å². The highest BCUT2D eigenvalue weighted by atomic mass is 16.6. The monoisotopic (exact) mass is 348 g/mol. The van der Waals surface area contributed by atoms with Crippen molar-refractivity contribution in [1.29, 1.82) is 5.26 Å². The van der Waals surface area contributed by atoms with Gasteiger partial charge in [0.15, 0.2) is 0 Å². The molecular weight excluding hydrogens is 332 g/mol. The van der Waals surface area contributed by atoms with Crippen molar-refractivity contribution in [1.82, 2.24) is 5.32 Å². The Morgan fingerprint density at radius 1 is 1.40 bits per heavy atom. The molecule has 0 bridgehead atoms. The number of hydrogen-bond donors (Lipinski definition) is 2. The molecule has 0 fully saturated rings. The van der Waals surface area contributed by atoms with Crippen LogP contribution in [0, 0.1) is 21.4 Å². The van der Waals surface area contributed by atoms with Crippen LogP contribution in [-0.4, -0.2) is 37.6 Å². The van der Waals surface area contributed by atoms with E-state index in [-0.39, 0.29) is 35.7 Å². The van der Waals surface area contributed by atoms with E-state index < -0.39 is 16.8 Å². The largest absolute Gasteiger partial charge is 0.494 e. The van der Waals surface area contributed by atoms with Gasteiger partial charge in [-0.05, 0) is 6.07 Å². The Balaban J connectivity index is 2.80. The smallest absolute Gasteiger partial charge is 0.307 e. The number of esters is 1. The number of carbonyl (C=O) groups excluding carboxylic acids is 2. The first kappa shape index (κ1) is 19.4. The maximum Gasteiger partial charge on any atom is 0.307 e. The minimum absolute atomic E-state index is 0.0729. The van der Waals surface area contributed by atoms with E-state index >= 15 is 0 Å². The van der Waals surface area contributed by atoms with Crippen LogP contribution in [-0.2, 0) is 14.3 Å². The average molecular weight is 348 g/mol. The summed E-state index contributed by atoms with van der Waals surface area (Å²) in [6.07, 6.45) is 1.24. The minimum Gasteiger partial charge on any atom is -0.494 e. The summed E-state index contributed by atoms with van der Waals surface area (Å²) in [4.78, 5) is 33.2. The highest BCUT2D eigenvalue weighted by molar-refractivity contribution is 6.07. The number of amides is 1. The second kappa shape index (κ2) is 9.51. The van der Waals surface area contributed by atoms with Gasteiger partial charge < -0.3 is 20.1 Å². The van der Waals surface area contributed by atoms with E-state index in [4.69, 9.17) is 10.00 Å². The lowest BCUT2D eigenvalue weighted by Gasteiger charge is -2.09. The molecule has 0 spiro atoms. The molecule has 0 radical (unpaired) electrons. The zero-order chi connectivity index (χ0) is 18.8. The summed E-state index contributed by atoms with van der Waals surface area (Å²) in [5.41, 5.74) is -0.269. The summed E-state index contributed by atoms with van der Waals surface area (Å²) in [6, 6.07) is 5.36. The molecule has 25 heavy (non-hydrogen) atoms. The van der Waals surface area contributed by atoms with Crippen molar-refractivity contribution in [2.75, 3.05) is 26.1 Å². The van der Waals surface area contributed by atoms with Crippen LogP contribution in [0.4, 0.5) is 11.4 Å². The Morgan fingerprint density at radius 2 is 2.12 bits per heavy atom.